The maximum atomic E-state index is 13.6. The average molecular weight is 314 g/mol. The first-order valence-corrected chi connectivity index (χ1v) is 8.95. The smallest absolute Gasteiger partial charge is 0.243 e. The summed E-state index contributed by atoms with van der Waals surface area (Å²) in [5.74, 6) is -0.513. The van der Waals surface area contributed by atoms with Crippen LogP contribution < -0.4 is 5.32 Å². The van der Waals surface area contributed by atoms with Crippen LogP contribution in [0.1, 0.15) is 38.7 Å². The molecule has 0 bridgehead atoms. The molecule has 1 aromatic rings. The lowest BCUT2D eigenvalue weighted by Gasteiger charge is -2.24. The van der Waals surface area contributed by atoms with Crippen molar-refractivity contribution in [1.29, 1.82) is 0 Å². The molecular formula is C15H23FN2O2S. The Morgan fingerprint density at radius 3 is 2.81 bits per heavy atom. The Morgan fingerprint density at radius 2 is 2.14 bits per heavy atom. The third-order valence-electron chi connectivity index (χ3n) is 3.98. The van der Waals surface area contributed by atoms with Crippen LogP contribution in [0.5, 0.6) is 0 Å². The lowest BCUT2D eigenvalue weighted by molar-refractivity contribution is 0.379. The normalized spacial score (nSPS) is 20.0. The number of halogens is 1. The largest absolute Gasteiger partial charge is 0.313 e. The molecule has 2 rings (SSSR count). The van der Waals surface area contributed by atoms with Crippen LogP contribution in [-0.2, 0) is 16.6 Å². The summed E-state index contributed by atoms with van der Waals surface area (Å²) < 4.78 is 40.8. The van der Waals surface area contributed by atoms with Crippen molar-refractivity contribution in [2.24, 2.45) is 0 Å². The van der Waals surface area contributed by atoms with Gasteiger partial charge in [0.05, 0.1) is 4.90 Å². The Kier molecular flexibility index (Phi) is 5.35. The summed E-state index contributed by atoms with van der Waals surface area (Å²) in [5.41, 5.74) is 0.625. The van der Waals surface area contributed by atoms with Crippen LogP contribution in [0.15, 0.2) is 23.1 Å². The van der Waals surface area contributed by atoms with Crippen LogP contribution in [0.25, 0.3) is 0 Å². The highest BCUT2D eigenvalue weighted by molar-refractivity contribution is 7.89. The van der Waals surface area contributed by atoms with E-state index in [0.29, 0.717) is 18.7 Å². The van der Waals surface area contributed by atoms with Gasteiger partial charge in [0, 0.05) is 19.1 Å². The highest BCUT2D eigenvalue weighted by atomic mass is 32.2. The molecule has 1 aromatic carbocycles. The molecular weight excluding hydrogens is 291 g/mol. The second-order valence-corrected chi connectivity index (χ2v) is 7.21. The first kappa shape index (κ1) is 16.4. The number of benzene rings is 1. The van der Waals surface area contributed by atoms with E-state index in [1.54, 1.807) is 6.07 Å². The van der Waals surface area contributed by atoms with Gasteiger partial charge in [-0.1, -0.05) is 19.9 Å². The van der Waals surface area contributed by atoms with E-state index in [9.17, 15) is 12.8 Å². The Bertz CT molecular complexity index is 589. The van der Waals surface area contributed by atoms with Gasteiger partial charge < -0.3 is 5.32 Å². The summed E-state index contributed by atoms with van der Waals surface area (Å²) in [4.78, 5) is 0.101. The fourth-order valence-electron chi connectivity index (χ4n) is 2.83. The van der Waals surface area contributed by atoms with Gasteiger partial charge in [0.1, 0.15) is 5.82 Å². The van der Waals surface area contributed by atoms with Crippen molar-refractivity contribution in [3.63, 3.8) is 0 Å². The summed E-state index contributed by atoms with van der Waals surface area (Å²) >= 11 is 0. The van der Waals surface area contributed by atoms with Gasteiger partial charge in [0.2, 0.25) is 10.0 Å². The zero-order chi connectivity index (χ0) is 15.5. The molecule has 1 aliphatic rings. The highest BCUT2D eigenvalue weighted by Gasteiger charge is 2.35. The van der Waals surface area contributed by atoms with Crippen LogP contribution in [0.2, 0.25) is 0 Å². The van der Waals surface area contributed by atoms with E-state index < -0.39 is 15.8 Å². The van der Waals surface area contributed by atoms with Crippen LogP contribution in [-0.4, -0.2) is 31.9 Å². The quantitative estimate of drug-likeness (QED) is 0.877. The predicted octanol–water partition coefficient (Wildman–Crippen LogP) is 2.50. The minimum Gasteiger partial charge on any atom is -0.313 e. The molecule has 6 heteroatoms. The molecule has 118 valence electrons. The molecule has 21 heavy (non-hydrogen) atoms. The van der Waals surface area contributed by atoms with Gasteiger partial charge in [0.25, 0.3) is 0 Å². The second kappa shape index (κ2) is 6.85. The number of nitrogens with zero attached hydrogens (tertiary/aromatic N) is 1. The van der Waals surface area contributed by atoms with Crippen molar-refractivity contribution in [3.05, 3.63) is 29.6 Å². The SMILES string of the molecule is CCNCc1ccc(F)cc1S(=O)(=O)N1CCCC1CC. The first-order valence-electron chi connectivity index (χ1n) is 7.51. The van der Waals surface area contributed by atoms with E-state index in [1.807, 2.05) is 13.8 Å². The molecule has 0 aliphatic carbocycles. The summed E-state index contributed by atoms with van der Waals surface area (Å²) in [6.07, 6.45) is 2.54. The van der Waals surface area contributed by atoms with Crippen molar-refractivity contribution in [1.82, 2.24) is 9.62 Å². The van der Waals surface area contributed by atoms with Crippen molar-refractivity contribution < 1.29 is 12.8 Å². The van der Waals surface area contributed by atoms with Crippen molar-refractivity contribution in [2.75, 3.05) is 13.1 Å². The summed E-state index contributed by atoms with van der Waals surface area (Å²) in [7, 11) is -3.63. The third kappa shape index (κ3) is 3.44. The molecule has 4 nitrogen and oxygen atoms in total. The number of hydrogen-bond donors (Lipinski definition) is 1. The Labute approximate surface area is 126 Å². The fraction of sp³-hybridized carbons (Fsp3) is 0.600. The number of sulfonamides is 1. The number of rotatable bonds is 6. The minimum atomic E-state index is -3.63. The van der Waals surface area contributed by atoms with Crippen LogP contribution in [0, 0.1) is 5.82 Å². The van der Waals surface area contributed by atoms with Gasteiger partial charge in [-0.3, -0.25) is 0 Å². The van der Waals surface area contributed by atoms with Crippen molar-refractivity contribution in [3.8, 4) is 0 Å². The van der Waals surface area contributed by atoms with E-state index in [1.165, 1.54) is 10.4 Å². The van der Waals surface area contributed by atoms with Gasteiger partial charge >= 0.3 is 0 Å². The molecule has 0 amide bonds. The van der Waals surface area contributed by atoms with E-state index in [0.717, 1.165) is 31.9 Å². The fourth-order valence-corrected chi connectivity index (χ4v) is 4.84. The average Bonchev–Trinajstić information content (AvgIpc) is 2.95. The van der Waals surface area contributed by atoms with E-state index in [2.05, 4.69) is 5.32 Å². The van der Waals surface area contributed by atoms with Gasteiger partial charge in [-0.25, -0.2) is 12.8 Å². The van der Waals surface area contributed by atoms with Crippen LogP contribution >= 0.6 is 0 Å². The maximum Gasteiger partial charge on any atom is 0.243 e. The molecule has 1 saturated heterocycles. The predicted molar refractivity (Wildman–Crippen MR) is 81.0 cm³/mol. The molecule has 1 fully saturated rings. The lowest BCUT2D eigenvalue weighted by Crippen LogP contribution is -2.36. The Balaban J connectivity index is 2.41. The van der Waals surface area contributed by atoms with E-state index in [4.69, 9.17) is 0 Å². The molecule has 1 heterocycles. The van der Waals surface area contributed by atoms with Gasteiger partial charge in [0.15, 0.2) is 0 Å². The van der Waals surface area contributed by atoms with E-state index >= 15 is 0 Å². The minimum absolute atomic E-state index is 0.0326. The van der Waals surface area contributed by atoms with Crippen LogP contribution in [0.4, 0.5) is 4.39 Å². The molecule has 0 saturated carbocycles. The zero-order valence-corrected chi connectivity index (χ0v) is 13.4. The third-order valence-corrected chi connectivity index (χ3v) is 6.01. The topological polar surface area (TPSA) is 49.4 Å². The standard InChI is InChI=1S/C15H23FN2O2S/c1-3-14-6-5-9-18(14)21(19,20)15-10-13(16)8-7-12(15)11-17-4-2/h7-8,10,14,17H,3-6,9,11H2,1-2H3. The lowest BCUT2D eigenvalue weighted by atomic mass is 10.2. The monoisotopic (exact) mass is 314 g/mol. The number of nitrogens with one attached hydrogen (secondary N) is 1. The van der Waals surface area contributed by atoms with E-state index in [-0.39, 0.29) is 10.9 Å². The zero-order valence-electron chi connectivity index (χ0n) is 12.6. The molecule has 0 spiro atoms. The summed E-state index contributed by atoms with van der Waals surface area (Å²) in [6.45, 7) is 5.63. The molecule has 0 aromatic heterocycles. The molecule has 1 N–H and O–H groups in total. The molecule has 1 atom stereocenters. The molecule has 0 radical (unpaired) electrons. The summed E-state index contributed by atoms with van der Waals surface area (Å²) in [5, 5.41) is 3.11. The maximum absolute atomic E-state index is 13.6. The molecule has 1 unspecified atom stereocenters. The number of hydrogen-bond acceptors (Lipinski definition) is 3. The van der Waals surface area contributed by atoms with Gasteiger partial charge in [-0.2, -0.15) is 4.31 Å². The van der Waals surface area contributed by atoms with Crippen LogP contribution in [0.3, 0.4) is 0 Å². The Hall–Kier alpha value is -0.980. The second-order valence-electron chi connectivity index (χ2n) is 5.35. The molecule has 1 aliphatic heterocycles. The highest BCUT2D eigenvalue weighted by Crippen LogP contribution is 2.29. The first-order chi connectivity index (χ1) is 10.0. The van der Waals surface area contributed by atoms with Crippen molar-refractivity contribution >= 4 is 10.0 Å². The van der Waals surface area contributed by atoms with Crippen molar-refractivity contribution in [2.45, 2.75) is 50.6 Å². The summed E-state index contributed by atoms with van der Waals surface area (Å²) in [6, 6.07) is 4.05. The van der Waals surface area contributed by atoms with Gasteiger partial charge in [-0.15, -0.1) is 0 Å². The Morgan fingerprint density at radius 1 is 1.38 bits per heavy atom. The van der Waals surface area contributed by atoms with Gasteiger partial charge in [-0.05, 0) is 43.5 Å².